The van der Waals surface area contributed by atoms with Crippen molar-refractivity contribution >= 4 is 11.8 Å². The number of aliphatic hydroxyl groups excluding tert-OH is 1. The second-order valence-electron chi connectivity index (χ2n) is 9.80. The lowest BCUT2D eigenvalue weighted by Gasteiger charge is -2.41. The zero-order chi connectivity index (χ0) is 24.0. The van der Waals surface area contributed by atoms with E-state index in [1.807, 2.05) is 65.3 Å². The van der Waals surface area contributed by atoms with Crippen LogP contribution in [0.4, 0.5) is 0 Å². The monoisotopic (exact) mass is 464 g/mol. The molecule has 1 saturated heterocycles. The summed E-state index contributed by atoms with van der Waals surface area (Å²) >= 11 is 0. The van der Waals surface area contributed by atoms with E-state index in [0.717, 1.165) is 37.7 Å². The number of nitrogens with zero attached hydrogens (tertiary/aromatic N) is 2. The van der Waals surface area contributed by atoms with Crippen molar-refractivity contribution in [3.8, 4) is 5.75 Å². The number of para-hydroxylation sites is 1. The lowest BCUT2D eigenvalue weighted by molar-refractivity contribution is -0.131. The van der Waals surface area contributed by atoms with E-state index in [2.05, 4.69) is 0 Å². The summed E-state index contributed by atoms with van der Waals surface area (Å²) in [6.07, 6.45) is 4.72. The minimum absolute atomic E-state index is 0.0238. The molecule has 0 unspecified atom stereocenters. The fourth-order valence-corrected chi connectivity index (χ4v) is 5.03. The van der Waals surface area contributed by atoms with Crippen LogP contribution in [0.15, 0.2) is 48.5 Å². The second-order valence-corrected chi connectivity index (χ2v) is 9.80. The Morgan fingerprint density at radius 2 is 1.71 bits per heavy atom. The number of aryl methyl sites for hydroxylation is 1. The SMILES string of the molecule is Cc1ccc(CC(=O)N2CCCCC3(CO)CCN(CC3)C(=O)c3ccccc3OCC2)cc1. The van der Waals surface area contributed by atoms with E-state index in [-0.39, 0.29) is 23.8 Å². The summed E-state index contributed by atoms with van der Waals surface area (Å²) < 4.78 is 6.05. The zero-order valence-corrected chi connectivity index (χ0v) is 20.2. The van der Waals surface area contributed by atoms with Gasteiger partial charge in [-0.15, -0.1) is 0 Å². The van der Waals surface area contributed by atoms with Crippen molar-refractivity contribution in [2.24, 2.45) is 5.41 Å². The van der Waals surface area contributed by atoms with E-state index in [0.29, 0.717) is 50.5 Å². The molecule has 6 heteroatoms. The van der Waals surface area contributed by atoms with Crippen LogP contribution in [0.25, 0.3) is 0 Å². The summed E-state index contributed by atoms with van der Waals surface area (Å²) in [5.74, 6) is 0.627. The lowest BCUT2D eigenvalue weighted by atomic mass is 9.75. The molecule has 0 aromatic heterocycles. The van der Waals surface area contributed by atoms with E-state index in [1.54, 1.807) is 0 Å². The van der Waals surface area contributed by atoms with Gasteiger partial charge in [-0.2, -0.15) is 0 Å². The number of carbonyl (C=O) groups is 2. The molecule has 1 N–H and O–H groups in total. The molecule has 1 fully saturated rings. The Hall–Kier alpha value is -2.86. The van der Waals surface area contributed by atoms with Crippen molar-refractivity contribution in [2.45, 2.75) is 45.4 Å². The van der Waals surface area contributed by atoms with Crippen molar-refractivity contribution < 1.29 is 19.4 Å². The van der Waals surface area contributed by atoms with Gasteiger partial charge in [0.1, 0.15) is 12.4 Å². The van der Waals surface area contributed by atoms with Gasteiger partial charge in [0.05, 0.1) is 18.5 Å². The second kappa shape index (κ2) is 11.0. The van der Waals surface area contributed by atoms with Gasteiger partial charge >= 0.3 is 0 Å². The lowest BCUT2D eigenvalue weighted by Crippen LogP contribution is -2.44. The third-order valence-corrected chi connectivity index (χ3v) is 7.40. The number of rotatable bonds is 3. The molecule has 34 heavy (non-hydrogen) atoms. The van der Waals surface area contributed by atoms with Crippen molar-refractivity contribution in [3.05, 3.63) is 65.2 Å². The molecule has 3 heterocycles. The van der Waals surface area contributed by atoms with Gasteiger partial charge < -0.3 is 19.6 Å². The van der Waals surface area contributed by atoms with Crippen molar-refractivity contribution in [1.82, 2.24) is 9.80 Å². The van der Waals surface area contributed by atoms with Crippen molar-refractivity contribution in [1.29, 1.82) is 0 Å². The molecule has 2 amide bonds. The largest absolute Gasteiger partial charge is 0.491 e. The predicted octanol–water partition coefficient (Wildman–Crippen LogP) is 3.84. The predicted molar refractivity (Wildman–Crippen MR) is 132 cm³/mol. The molecule has 6 nitrogen and oxygen atoms in total. The van der Waals surface area contributed by atoms with Crippen LogP contribution in [-0.4, -0.2) is 66.1 Å². The van der Waals surface area contributed by atoms with Crippen LogP contribution >= 0.6 is 0 Å². The minimum Gasteiger partial charge on any atom is -0.491 e. The molecule has 3 aliphatic rings. The Labute approximate surface area is 202 Å². The Balaban J connectivity index is 1.52. The van der Waals surface area contributed by atoms with Gasteiger partial charge in [0.15, 0.2) is 0 Å². The van der Waals surface area contributed by atoms with Crippen LogP contribution in [0.3, 0.4) is 0 Å². The average Bonchev–Trinajstić information content (AvgIpc) is 2.87. The maximum absolute atomic E-state index is 13.2. The highest BCUT2D eigenvalue weighted by Gasteiger charge is 2.36. The Bertz CT molecular complexity index is 980. The maximum Gasteiger partial charge on any atom is 0.257 e. The van der Waals surface area contributed by atoms with Crippen LogP contribution in [-0.2, 0) is 11.2 Å². The number of ether oxygens (including phenoxy) is 1. The number of carbonyl (C=O) groups excluding carboxylic acids is 2. The molecule has 0 spiro atoms. The summed E-state index contributed by atoms with van der Waals surface area (Å²) in [5, 5.41) is 10.2. The van der Waals surface area contributed by atoms with Gasteiger partial charge in [0.25, 0.3) is 5.91 Å². The summed E-state index contributed by atoms with van der Waals surface area (Å²) in [5.41, 5.74) is 2.61. The number of piperidine rings is 1. The first-order valence-electron chi connectivity index (χ1n) is 12.4. The number of hydrogen-bond acceptors (Lipinski definition) is 4. The molecule has 0 atom stereocenters. The number of aliphatic hydroxyl groups is 1. The summed E-state index contributed by atoms with van der Waals surface area (Å²) in [4.78, 5) is 30.2. The van der Waals surface area contributed by atoms with E-state index in [9.17, 15) is 14.7 Å². The quantitative estimate of drug-likeness (QED) is 0.749. The highest BCUT2D eigenvalue weighted by molar-refractivity contribution is 5.97. The van der Waals surface area contributed by atoms with Gasteiger partial charge in [-0.05, 0) is 55.7 Å². The Kier molecular flexibility index (Phi) is 7.88. The molecule has 3 aliphatic heterocycles. The van der Waals surface area contributed by atoms with Crippen molar-refractivity contribution in [3.63, 3.8) is 0 Å². The van der Waals surface area contributed by atoms with E-state index >= 15 is 0 Å². The number of benzene rings is 2. The molecule has 2 aromatic rings. The molecular weight excluding hydrogens is 428 g/mol. The first-order chi connectivity index (χ1) is 16.5. The molecule has 2 bridgehead atoms. The normalized spacial score (nSPS) is 19.1. The smallest absolute Gasteiger partial charge is 0.257 e. The van der Waals surface area contributed by atoms with Crippen LogP contribution in [0.1, 0.15) is 53.6 Å². The summed E-state index contributed by atoms with van der Waals surface area (Å²) in [7, 11) is 0. The molecule has 0 radical (unpaired) electrons. The van der Waals surface area contributed by atoms with E-state index < -0.39 is 0 Å². The van der Waals surface area contributed by atoms with Crippen LogP contribution in [0.2, 0.25) is 0 Å². The molecule has 0 aliphatic carbocycles. The van der Waals surface area contributed by atoms with Gasteiger partial charge in [0.2, 0.25) is 5.91 Å². The minimum atomic E-state index is -0.135. The molecule has 0 saturated carbocycles. The van der Waals surface area contributed by atoms with E-state index in [1.165, 1.54) is 5.56 Å². The highest BCUT2D eigenvalue weighted by atomic mass is 16.5. The van der Waals surface area contributed by atoms with Crippen LogP contribution in [0.5, 0.6) is 5.75 Å². The third-order valence-electron chi connectivity index (χ3n) is 7.40. The molecule has 2 aromatic carbocycles. The van der Waals surface area contributed by atoms with Crippen LogP contribution < -0.4 is 4.74 Å². The number of hydrogen-bond donors (Lipinski definition) is 1. The van der Waals surface area contributed by atoms with Crippen LogP contribution in [0, 0.1) is 12.3 Å². The standard InChI is InChI=1S/C28H36N2O4/c1-22-8-10-23(11-9-22)20-26(32)29-15-5-4-12-28(21-31)13-16-30(17-14-28)27(33)24-6-2-3-7-25(24)34-19-18-29/h2-3,6-11,31H,4-5,12-21H2,1H3. The third kappa shape index (κ3) is 5.79. The fourth-order valence-electron chi connectivity index (χ4n) is 5.03. The Morgan fingerprint density at radius 1 is 0.971 bits per heavy atom. The highest BCUT2D eigenvalue weighted by Crippen LogP contribution is 2.37. The van der Waals surface area contributed by atoms with E-state index in [4.69, 9.17) is 4.74 Å². The fraction of sp³-hybridized carbons (Fsp3) is 0.500. The van der Waals surface area contributed by atoms with Crippen molar-refractivity contribution in [2.75, 3.05) is 39.4 Å². The molecule has 182 valence electrons. The van der Waals surface area contributed by atoms with Gasteiger partial charge in [-0.3, -0.25) is 9.59 Å². The first-order valence-corrected chi connectivity index (χ1v) is 12.4. The maximum atomic E-state index is 13.2. The molecule has 5 rings (SSSR count). The van der Waals surface area contributed by atoms with Gasteiger partial charge in [-0.25, -0.2) is 0 Å². The van der Waals surface area contributed by atoms with Gasteiger partial charge in [-0.1, -0.05) is 48.4 Å². The summed E-state index contributed by atoms with van der Waals surface area (Å²) in [6.45, 7) is 4.96. The first kappa shape index (κ1) is 24.3. The number of amides is 2. The topological polar surface area (TPSA) is 70.1 Å². The summed E-state index contributed by atoms with van der Waals surface area (Å²) in [6, 6.07) is 15.4. The average molecular weight is 465 g/mol. The zero-order valence-electron chi connectivity index (χ0n) is 20.2. The molecular formula is C28H36N2O4. The van der Waals surface area contributed by atoms with Gasteiger partial charge in [0, 0.05) is 26.2 Å². The Morgan fingerprint density at radius 3 is 2.44 bits per heavy atom. The number of fused-ring (bicyclic) bond motifs is 9.